The van der Waals surface area contributed by atoms with Crippen LogP contribution in [-0.2, 0) is 26.1 Å². The van der Waals surface area contributed by atoms with Gasteiger partial charge in [-0.25, -0.2) is 13.1 Å². The van der Waals surface area contributed by atoms with Gasteiger partial charge in [0.1, 0.15) is 5.75 Å². The maximum atomic E-state index is 12.7. The Morgan fingerprint density at radius 2 is 1.94 bits per heavy atom. The maximum Gasteiger partial charge on any atom is 0.241 e. The van der Waals surface area contributed by atoms with Gasteiger partial charge in [-0.1, -0.05) is 36.4 Å². The van der Waals surface area contributed by atoms with E-state index in [1.807, 2.05) is 30.3 Å². The number of nitrogens with one attached hydrogen (secondary N) is 2. The lowest BCUT2D eigenvalue weighted by atomic mass is 9.98. The molecule has 3 atom stereocenters. The summed E-state index contributed by atoms with van der Waals surface area (Å²) in [5.41, 5.74) is 1.00. The molecule has 0 radical (unpaired) electrons. The van der Waals surface area contributed by atoms with Crippen molar-refractivity contribution >= 4 is 15.9 Å². The van der Waals surface area contributed by atoms with Crippen molar-refractivity contribution in [3.63, 3.8) is 0 Å². The Balaban J connectivity index is 1.54. The van der Waals surface area contributed by atoms with Crippen molar-refractivity contribution in [3.05, 3.63) is 60.2 Å². The summed E-state index contributed by atoms with van der Waals surface area (Å²) >= 11 is 0. The molecule has 0 bridgehead atoms. The van der Waals surface area contributed by atoms with E-state index in [1.54, 1.807) is 12.1 Å². The maximum absolute atomic E-state index is 12.7. The molecule has 1 aliphatic rings. The predicted molar refractivity (Wildman–Crippen MR) is 115 cm³/mol. The number of hydrogen-bond acceptors (Lipinski definition) is 6. The fourth-order valence-corrected chi connectivity index (χ4v) is 4.86. The molecule has 2 aromatic carbocycles. The fourth-order valence-electron chi connectivity index (χ4n) is 3.53. The molecule has 0 saturated carbocycles. The van der Waals surface area contributed by atoms with E-state index >= 15 is 0 Å². The fraction of sp³-hybridized carbons (Fsp3) is 0.409. The number of carbonyl (C=O) groups excluding carboxylic acids is 1. The Morgan fingerprint density at radius 1 is 1.16 bits per heavy atom. The van der Waals surface area contributed by atoms with E-state index in [1.165, 1.54) is 19.2 Å². The number of methoxy groups -OCH3 is 1. The van der Waals surface area contributed by atoms with E-state index in [0.717, 1.165) is 5.56 Å². The summed E-state index contributed by atoms with van der Waals surface area (Å²) in [6.07, 6.45) is -0.0174. The third-order valence-electron chi connectivity index (χ3n) is 5.20. The minimum atomic E-state index is -3.82. The number of amides is 1. The molecule has 1 saturated heterocycles. The van der Waals surface area contributed by atoms with Crippen molar-refractivity contribution < 1.29 is 27.8 Å². The van der Waals surface area contributed by atoms with Crippen LogP contribution >= 0.6 is 0 Å². The van der Waals surface area contributed by atoms with Gasteiger partial charge in [0.25, 0.3) is 0 Å². The zero-order chi connectivity index (χ0) is 22.3. The van der Waals surface area contributed by atoms with Crippen LogP contribution in [0.4, 0.5) is 0 Å². The topological polar surface area (TPSA) is 114 Å². The number of aliphatic hydroxyl groups excluding tert-OH is 1. The van der Waals surface area contributed by atoms with Gasteiger partial charge in [0.15, 0.2) is 0 Å². The highest BCUT2D eigenvalue weighted by Gasteiger charge is 2.34. The number of sulfonamides is 1. The standard InChI is InChI=1S/C22H28N2O6S/c1-29-17-8-5-9-19(12-17)31(27,28)24-20-11-10-18(30-21(20)15-25)13-22(26)23-14-16-6-3-2-4-7-16/h2-9,12,18,20-21,24-25H,10-11,13-15H2,1H3,(H,23,26)/t18-,20-,21-/m0/s1. The molecule has 8 nitrogen and oxygen atoms in total. The second-order valence-electron chi connectivity index (χ2n) is 7.43. The molecule has 0 spiro atoms. The van der Waals surface area contributed by atoms with E-state index in [2.05, 4.69) is 10.0 Å². The van der Waals surface area contributed by atoms with Crippen molar-refractivity contribution in [2.75, 3.05) is 13.7 Å². The summed E-state index contributed by atoms with van der Waals surface area (Å²) in [6.45, 7) is 0.0756. The van der Waals surface area contributed by atoms with Gasteiger partial charge in [-0.2, -0.15) is 0 Å². The Bertz CT molecular complexity index is 967. The lowest BCUT2D eigenvalue weighted by Crippen LogP contribution is -2.51. The molecule has 3 rings (SSSR count). The first-order chi connectivity index (χ1) is 14.9. The molecule has 1 heterocycles. The summed E-state index contributed by atoms with van der Waals surface area (Å²) in [6, 6.07) is 15.2. The molecule has 31 heavy (non-hydrogen) atoms. The monoisotopic (exact) mass is 448 g/mol. The molecule has 1 fully saturated rings. The van der Waals surface area contributed by atoms with Gasteiger partial charge in [-0.3, -0.25) is 4.79 Å². The van der Waals surface area contributed by atoms with E-state index in [4.69, 9.17) is 9.47 Å². The number of ether oxygens (including phenoxy) is 2. The van der Waals surface area contributed by atoms with Crippen LogP contribution < -0.4 is 14.8 Å². The van der Waals surface area contributed by atoms with Crippen LogP contribution in [0.3, 0.4) is 0 Å². The van der Waals surface area contributed by atoms with Crippen molar-refractivity contribution in [2.45, 2.75) is 49.0 Å². The van der Waals surface area contributed by atoms with Gasteiger partial charge in [0, 0.05) is 12.6 Å². The number of rotatable bonds is 9. The minimum absolute atomic E-state index is 0.0750. The van der Waals surface area contributed by atoms with Crippen LogP contribution in [-0.4, -0.2) is 51.4 Å². The van der Waals surface area contributed by atoms with Crippen molar-refractivity contribution in [1.82, 2.24) is 10.0 Å². The molecular formula is C22H28N2O6S. The van der Waals surface area contributed by atoms with Crippen LogP contribution in [0, 0.1) is 0 Å². The SMILES string of the molecule is COc1cccc(S(=O)(=O)N[C@H]2CC[C@@H](CC(=O)NCc3ccccc3)O[C@H]2CO)c1. The minimum Gasteiger partial charge on any atom is -0.497 e. The highest BCUT2D eigenvalue weighted by Crippen LogP contribution is 2.24. The summed E-state index contributed by atoms with van der Waals surface area (Å²) in [4.78, 5) is 12.3. The Hall–Kier alpha value is -2.46. The van der Waals surface area contributed by atoms with E-state index < -0.39 is 22.2 Å². The summed E-state index contributed by atoms with van der Waals surface area (Å²) in [7, 11) is -2.35. The second kappa shape index (κ2) is 10.7. The van der Waals surface area contributed by atoms with Gasteiger partial charge in [-0.05, 0) is 30.5 Å². The lowest BCUT2D eigenvalue weighted by molar-refractivity contribution is -0.130. The molecular weight excluding hydrogens is 420 g/mol. The number of carbonyl (C=O) groups is 1. The van der Waals surface area contributed by atoms with Crippen LogP contribution in [0.25, 0.3) is 0 Å². The molecule has 3 N–H and O–H groups in total. The van der Waals surface area contributed by atoms with Crippen LogP contribution in [0.1, 0.15) is 24.8 Å². The summed E-state index contributed by atoms with van der Waals surface area (Å²) in [5.74, 6) is 0.281. The second-order valence-corrected chi connectivity index (χ2v) is 9.14. The van der Waals surface area contributed by atoms with Gasteiger partial charge < -0.3 is 19.9 Å². The van der Waals surface area contributed by atoms with Gasteiger partial charge in [0.05, 0.1) is 43.3 Å². The molecule has 168 valence electrons. The highest BCUT2D eigenvalue weighted by molar-refractivity contribution is 7.89. The van der Waals surface area contributed by atoms with Crippen molar-refractivity contribution in [2.24, 2.45) is 0 Å². The normalized spacial score (nSPS) is 21.4. The third-order valence-corrected chi connectivity index (χ3v) is 6.69. The number of benzene rings is 2. The Morgan fingerprint density at radius 3 is 2.65 bits per heavy atom. The van der Waals surface area contributed by atoms with Crippen molar-refractivity contribution in [1.29, 1.82) is 0 Å². The van der Waals surface area contributed by atoms with Crippen LogP contribution in [0.15, 0.2) is 59.5 Å². The first kappa shape index (κ1) is 23.2. The molecule has 1 aliphatic heterocycles. The Labute approximate surface area is 182 Å². The van der Waals surface area contributed by atoms with E-state index in [0.29, 0.717) is 25.1 Å². The van der Waals surface area contributed by atoms with E-state index in [9.17, 15) is 18.3 Å². The molecule has 1 amide bonds. The molecule has 9 heteroatoms. The van der Waals surface area contributed by atoms with Gasteiger partial charge in [-0.15, -0.1) is 0 Å². The van der Waals surface area contributed by atoms with Crippen molar-refractivity contribution in [3.8, 4) is 5.75 Å². The van der Waals surface area contributed by atoms with Gasteiger partial charge >= 0.3 is 0 Å². The van der Waals surface area contributed by atoms with Crippen LogP contribution in [0.5, 0.6) is 5.75 Å². The molecule has 0 unspecified atom stereocenters. The summed E-state index contributed by atoms with van der Waals surface area (Å²) < 4.78 is 39.0. The highest BCUT2D eigenvalue weighted by atomic mass is 32.2. The zero-order valence-corrected chi connectivity index (χ0v) is 18.2. The van der Waals surface area contributed by atoms with Gasteiger partial charge in [0.2, 0.25) is 15.9 Å². The quantitative estimate of drug-likeness (QED) is 0.537. The lowest BCUT2D eigenvalue weighted by Gasteiger charge is -2.35. The predicted octanol–water partition coefficient (Wildman–Crippen LogP) is 1.59. The zero-order valence-electron chi connectivity index (χ0n) is 17.4. The van der Waals surface area contributed by atoms with E-state index in [-0.39, 0.29) is 29.9 Å². The molecule has 0 aliphatic carbocycles. The Kier molecular flexibility index (Phi) is 8.03. The largest absolute Gasteiger partial charge is 0.497 e. The average Bonchev–Trinajstić information content (AvgIpc) is 2.79. The molecule has 2 aromatic rings. The first-order valence-corrected chi connectivity index (χ1v) is 11.6. The number of hydrogen-bond donors (Lipinski definition) is 3. The number of aliphatic hydroxyl groups is 1. The first-order valence-electron chi connectivity index (χ1n) is 10.1. The third kappa shape index (κ3) is 6.51. The average molecular weight is 449 g/mol. The summed E-state index contributed by atoms with van der Waals surface area (Å²) in [5, 5.41) is 12.6. The smallest absolute Gasteiger partial charge is 0.241 e. The molecule has 0 aromatic heterocycles. The van der Waals surface area contributed by atoms with Crippen LogP contribution in [0.2, 0.25) is 0 Å².